The van der Waals surface area contributed by atoms with Crippen molar-refractivity contribution in [3.63, 3.8) is 0 Å². The van der Waals surface area contributed by atoms with E-state index in [1.54, 1.807) is 32.9 Å². The summed E-state index contributed by atoms with van der Waals surface area (Å²) in [6.07, 6.45) is 2.78. The van der Waals surface area contributed by atoms with Gasteiger partial charge >= 0.3 is 0 Å². The first kappa shape index (κ1) is 28.1. The molecule has 0 radical (unpaired) electrons. The van der Waals surface area contributed by atoms with E-state index in [4.69, 9.17) is 4.74 Å². The highest BCUT2D eigenvalue weighted by Gasteiger charge is 2.28. The van der Waals surface area contributed by atoms with Crippen LogP contribution in [0.2, 0.25) is 0 Å². The molecule has 0 saturated carbocycles. The average molecular weight is 493 g/mol. The van der Waals surface area contributed by atoms with Crippen molar-refractivity contribution in [3.05, 3.63) is 71.8 Å². The number of carbonyl (C=O) groups excluding carboxylic acids is 3. The number of rotatable bonds is 11. The molecule has 0 aliphatic rings. The lowest BCUT2D eigenvalue weighted by Crippen LogP contribution is -2.54. The summed E-state index contributed by atoms with van der Waals surface area (Å²) in [6, 6.07) is 15.6. The van der Waals surface area contributed by atoms with Crippen molar-refractivity contribution in [3.8, 4) is 11.8 Å². The Kier molecular flexibility index (Phi) is 10.7. The highest BCUT2D eigenvalue weighted by molar-refractivity contribution is 5.92. The van der Waals surface area contributed by atoms with Gasteiger partial charge < -0.3 is 25.8 Å². The van der Waals surface area contributed by atoms with Crippen molar-refractivity contribution in [2.45, 2.75) is 39.5 Å². The molecule has 3 amide bonds. The average Bonchev–Trinajstić information content (AvgIpc) is 2.85. The summed E-state index contributed by atoms with van der Waals surface area (Å²) in [6.45, 7) is 5.23. The van der Waals surface area contributed by atoms with Crippen molar-refractivity contribution in [2.24, 2.45) is 5.41 Å². The highest BCUT2D eigenvalue weighted by Crippen LogP contribution is 2.13. The largest absolute Gasteiger partial charge is 0.508 e. The normalized spacial score (nSPS) is 12.8. The van der Waals surface area contributed by atoms with Gasteiger partial charge in [-0.25, -0.2) is 0 Å². The highest BCUT2D eigenvalue weighted by atomic mass is 16.5. The predicted molar refractivity (Wildman–Crippen MR) is 135 cm³/mol. The molecular weight excluding hydrogens is 460 g/mol. The predicted octanol–water partition coefficient (Wildman–Crippen LogP) is 2.28. The Bertz CT molecular complexity index is 1090. The van der Waals surface area contributed by atoms with Crippen LogP contribution in [0.3, 0.4) is 0 Å². The Morgan fingerprint density at radius 2 is 1.72 bits per heavy atom. The van der Waals surface area contributed by atoms with Crippen molar-refractivity contribution in [1.82, 2.24) is 16.0 Å². The minimum atomic E-state index is -0.991. The lowest BCUT2D eigenvalue weighted by Gasteiger charge is -2.24. The fraction of sp³-hybridized carbons (Fsp3) is 0.333. The number of nitrogens with zero attached hydrogens (tertiary/aromatic N) is 1. The maximum Gasteiger partial charge on any atom is 0.245 e. The van der Waals surface area contributed by atoms with Crippen LogP contribution >= 0.6 is 0 Å². The number of phenolic OH excluding ortho intramolecular Hbond substituents is 1. The molecule has 0 saturated heterocycles. The molecule has 0 aliphatic heterocycles. The van der Waals surface area contributed by atoms with E-state index in [9.17, 15) is 24.8 Å². The van der Waals surface area contributed by atoms with Gasteiger partial charge in [0.15, 0.2) is 0 Å². The molecule has 2 rings (SSSR count). The molecule has 0 spiro atoms. The summed E-state index contributed by atoms with van der Waals surface area (Å²) in [5, 5.41) is 26.5. The van der Waals surface area contributed by atoms with Gasteiger partial charge in [0.1, 0.15) is 17.8 Å². The van der Waals surface area contributed by atoms with Gasteiger partial charge in [-0.3, -0.25) is 14.4 Å². The number of benzene rings is 2. The van der Waals surface area contributed by atoms with Gasteiger partial charge in [0.05, 0.1) is 25.8 Å². The van der Waals surface area contributed by atoms with E-state index in [0.717, 1.165) is 5.56 Å². The number of hydrogen-bond acceptors (Lipinski definition) is 6. The van der Waals surface area contributed by atoms with Crippen molar-refractivity contribution in [2.75, 3.05) is 13.2 Å². The quantitative estimate of drug-likeness (QED) is 0.355. The minimum absolute atomic E-state index is 0.0680. The van der Waals surface area contributed by atoms with Gasteiger partial charge in [-0.1, -0.05) is 63.2 Å². The maximum absolute atomic E-state index is 12.8. The first-order chi connectivity index (χ1) is 17.1. The van der Waals surface area contributed by atoms with Crippen LogP contribution in [-0.2, 0) is 25.7 Å². The van der Waals surface area contributed by atoms with Crippen LogP contribution in [-0.4, -0.2) is 48.1 Å². The lowest BCUT2D eigenvalue weighted by atomic mass is 9.95. The lowest BCUT2D eigenvalue weighted by molar-refractivity contribution is -0.135. The molecule has 0 bridgehead atoms. The van der Waals surface area contributed by atoms with Crippen LogP contribution in [0.5, 0.6) is 5.75 Å². The molecule has 2 atom stereocenters. The van der Waals surface area contributed by atoms with E-state index in [0.29, 0.717) is 5.56 Å². The molecule has 9 heteroatoms. The number of phenols is 1. The van der Waals surface area contributed by atoms with Crippen molar-refractivity contribution < 1.29 is 24.2 Å². The van der Waals surface area contributed by atoms with E-state index < -0.39 is 29.3 Å². The van der Waals surface area contributed by atoms with Crippen molar-refractivity contribution in [1.29, 1.82) is 5.26 Å². The van der Waals surface area contributed by atoms with Gasteiger partial charge in [0.2, 0.25) is 17.7 Å². The van der Waals surface area contributed by atoms with Crippen molar-refractivity contribution >= 4 is 23.8 Å². The Labute approximate surface area is 211 Å². The first-order valence-electron chi connectivity index (χ1n) is 11.5. The zero-order valence-electron chi connectivity index (χ0n) is 20.7. The first-order valence-corrected chi connectivity index (χ1v) is 11.5. The van der Waals surface area contributed by atoms with Crippen LogP contribution in [0.1, 0.15) is 31.9 Å². The van der Waals surface area contributed by atoms with Crippen LogP contribution < -0.4 is 16.0 Å². The molecule has 0 aliphatic carbocycles. The summed E-state index contributed by atoms with van der Waals surface area (Å²) in [4.78, 5) is 37.5. The molecule has 1 unspecified atom stereocenters. The number of nitriles is 1. The second-order valence-corrected chi connectivity index (χ2v) is 9.14. The Balaban J connectivity index is 1.93. The summed E-state index contributed by atoms with van der Waals surface area (Å²) in [5.74, 6) is -1.27. The van der Waals surface area contributed by atoms with Gasteiger partial charge in [0, 0.05) is 11.5 Å². The Morgan fingerprint density at radius 1 is 1.06 bits per heavy atom. The fourth-order valence-corrected chi connectivity index (χ4v) is 2.86. The number of aromatic hydroxyl groups is 1. The number of ether oxygens (including phenoxy) is 1. The Hall–Kier alpha value is -4.16. The van der Waals surface area contributed by atoms with Crippen LogP contribution in [0, 0.1) is 16.7 Å². The molecule has 190 valence electrons. The summed E-state index contributed by atoms with van der Waals surface area (Å²) >= 11 is 0. The van der Waals surface area contributed by atoms with E-state index >= 15 is 0 Å². The third-order valence-electron chi connectivity index (χ3n) is 4.97. The molecule has 2 aromatic rings. The summed E-state index contributed by atoms with van der Waals surface area (Å²) < 4.78 is 5.66. The van der Waals surface area contributed by atoms with E-state index in [-0.39, 0.29) is 31.4 Å². The molecule has 0 aromatic heterocycles. The second-order valence-electron chi connectivity index (χ2n) is 9.14. The second kappa shape index (κ2) is 13.7. The monoisotopic (exact) mass is 492 g/mol. The Morgan fingerprint density at radius 3 is 2.33 bits per heavy atom. The molecule has 2 aromatic carbocycles. The summed E-state index contributed by atoms with van der Waals surface area (Å²) in [5.41, 5.74) is 0.898. The molecular formula is C27H32N4O5. The number of carbonyl (C=O) groups is 3. The molecule has 0 heterocycles. The zero-order chi connectivity index (χ0) is 26.6. The van der Waals surface area contributed by atoms with Crippen LogP contribution in [0.25, 0.3) is 6.08 Å². The van der Waals surface area contributed by atoms with Gasteiger partial charge in [0.25, 0.3) is 0 Å². The number of hydrogen-bond donors (Lipinski definition) is 4. The molecule has 36 heavy (non-hydrogen) atoms. The zero-order valence-corrected chi connectivity index (χ0v) is 20.7. The molecule has 4 N–H and O–H groups in total. The number of amides is 3. The van der Waals surface area contributed by atoms with E-state index in [2.05, 4.69) is 16.0 Å². The van der Waals surface area contributed by atoms with Crippen LogP contribution in [0.4, 0.5) is 0 Å². The third-order valence-corrected chi connectivity index (χ3v) is 4.97. The smallest absolute Gasteiger partial charge is 0.245 e. The minimum Gasteiger partial charge on any atom is -0.508 e. The summed E-state index contributed by atoms with van der Waals surface area (Å²) in [7, 11) is 0. The number of nitrogens with one attached hydrogen (secondary N) is 3. The maximum atomic E-state index is 12.8. The van der Waals surface area contributed by atoms with Gasteiger partial charge in [-0.15, -0.1) is 0 Å². The van der Waals surface area contributed by atoms with E-state index in [1.807, 2.05) is 36.4 Å². The molecule has 0 fully saturated rings. The standard InChI is InChI=1S/C27H32N4O5/c1-27(2,3)26(35)31-23(18-36-17-20-7-5-4-6-8-20)25(34)29-16-21(15-28)30-24(33)14-11-19-9-12-22(32)13-10-19/h4-14,21,23,32H,16-18H2,1-3H3,(H,29,34)(H,30,33)(H,31,35)/b14-11+/t21?,23-/m0/s1. The third kappa shape index (κ3) is 9.99. The van der Waals surface area contributed by atoms with Gasteiger partial charge in [-0.05, 0) is 29.3 Å². The fourth-order valence-electron chi connectivity index (χ4n) is 2.86. The molecule has 9 nitrogen and oxygen atoms in total. The van der Waals surface area contributed by atoms with Gasteiger partial charge in [-0.2, -0.15) is 5.26 Å². The SMILES string of the molecule is CC(C)(C)C(=O)N[C@@H](COCc1ccccc1)C(=O)NCC(C#N)NC(=O)/C=C/c1ccc(O)cc1. The van der Waals surface area contributed by atoms with E-state index in [1.165, 1.54) is 24.3 Å². The van der Waals surface area contributed by atoms with Crippen LogP contribution in [0.15, 0.2) is 60.7 Å². The topological polar surface area (TPSA) is 141 Å².